The summed E-state index contributed by atoms with van der Waals surface area (Å²) >= 11 is 0. The predicted octanol–water partition coefficient (Wildman–Crippen LogP) is 4.33. The molecule has 0 aromatic heterocycles. The normalized spacial score (nSPS) is 14.0. The van der Waals surface area contributed by atoms with Crippen molar-refractivity contribution >= 4 is 21.6 Å². The number of nitrogens with zero attached hydrogens (tertiary/aromatic N) is 1. The number of aryl methyl sites for hydroxylation is 1. The van der Waals surface area contributed by atoms with Gasteiger partial charge >= 0.3 is 0 Å². The third kappa shape index (κ3) is 6.21. The van der Waals surface area contributed by atoms with E-state index in [1.54, 1.807) is 43.3 Å². The molecule has 1 heterocycles. The first-order valence-corrected chi connectivity index (χ1v) is 13.2. The lowest BCUT2D eigenvalue weighted by Crippen LogP contribution is -2.24. The minimum Gasteiger partial charge on any atom is -0.495 e. The van der Waals surface area contributed by atoms with Gasteiger partial charge < -0.3 is 10.1 Å². The van der Waals surface area contributed by atoms with Crippen LogP contribution in [0.3, 0.4) is 0 Å². The van der Waals surface area contributed by atoms with Crippen LogP contribution in [0.1, 0.15) is 39.9 Å². The second-order valence-corrected chi connectivity index (χ2v) is 10.4. The second-order valence-electron chi connectivity index (χ2n) is 8.77. The van der Waals surface area contributed by atoms with E-state index in [9.17, 15) is 13.2 Å². The molecule has 7 nitrogen and oxygen atoms in total. The number of carbonyl (C=O) groups excluding carboxylic acids is 1. The number of hydrogen-bond acceptors (Lipinski definition) is 5. The van der Waals surface area contributed by atoms with E-state index >= 15 is 0 Å². The predicted molar refractivity (Wildman–Crippen MR) is 137 cm³/mol. The van der Waals surface area contributed by atoms with Crippen molar-refractivity contribution in [2.75, 3.05) is 24.9 Å². The molecule has 0 aliphatic carbocycles. The van der Waals surface area contributed by atoms with Crippen LogP contribution in [-0.2, 0) is 23.1 Å². The first kappa shape index (κ1) is 24.8. The fraction of sp³-hybridized carbons (Fsp3) is 0.296. The van der Waals surface area contributed by atoms with Gasteiger partial charge in [-0.25, -0.2) is 8.42 Å². The lowest BCUT2D eigenvalue weighted by Gasteiger charge is -2.15. The van der Waals surface area contributed by atoms with Gasteiger partial charge in [-0.3, -0.25) is 14.4 Å². The van der Waals surface area contributed by atoms with Gasteiger partial charge in [0.05, 0.1) is 17.7 Å². The van der Waals surface area contributed by atoms with Gasteiger partial charge in [-0.2, -0.15) is 0 Å². The average Bonchev–Trinajstić information content (AvgIpc) is 3.37. The quantitative estimate of drug-likeness (QED) is 0.463. The van der Waals surface area contributed by atoms with Gasteiger partial charge in [-0.15, -0.1) is 0 Å². The molecule has 0 atom stereocenters. The summed E-state index contributed by atoms with van der Waals surface area (Å²) in [7, 11) is -2.45. The highest BCUT2D eigenvalue weighted by molar-refractivity contribution is 7.92. The third-order valence-electron chi connectivity index (χ3n) is 6.17. The third-order valence-corrected chi connectivity index (χ3v) is 7.68. The number of ether oxygens (including phenoxy) is 1. The van der Waals surface area contributed by atoms with Crippen LogP contribution in [0.15, 0.2) is 71.6 Å². The van der Waals surface area contributed by atoms with Crippen molar-refractivity contribution in [3.63, 3.8) is 0 Å². The highest BCUT2D eigenvalue weighted by Gasteiger charge is 2.21. The van der Waals surface area contributed by atoms with Crippen LogP contribution in [0.5, 0.6) is 5.75 Å². The number of carbonyl (C=O) groups is 1. The zero-order valence-electron chi connectivity index (χ0n) is 20.1. The molecule has 1 aliphatic rings. The Balaban J connectivity index is 1.42. The van der Waals surface area contributed by atoms with Crippen LogP contribution in [0, 0.1) is 6.92 Å². The molecule has 0 spiro atoms. The van der Waals surface area contributed by atoms with E-state index in [1.165, 1.54) is 31.6 Å². The Morgan fingerprint density at radius 2 is 1.66 bits per heavy atom. The number of likely N-dealkylation sites (tertiary alicyclic amines) is 1. The number of rotatable bonds is 9. The van der Waals surface area contributed by atoms with E-state index in [2.05, 4.69) is 27.1 Å². The Bertz CT molecular complexity index is 1280. The molecule has 0 unspecified atom stereocenters. The average molecular weight is 494 g/mol. The SMILES string of the molecule is COc1ccccc1NS(=O)(=O)c1cc(C(=O)NCc2ccc(CN3CCCC3)cc2)ccc1C. The minimum atomic E-state index is -3.93. The smallest absolute Gasteiger partial charge is 0.262 e. The lowest BCUT2D eigenvalue weighted by atomic mass is 10.1. The van der Waals surface area contributed by atoms with E-state index < -0.39 is 10.0 Å². The molecular formula is C27H31N3O4S. The van der Waals surface area contributed by atoms with Crippen molar-refractivity contribution in [3.8, 4) is 5.75 Å². The van der Waals surface area contributed by atoms with Gasteiger partial charge in [0.25, 0.3) is 15.9 Å². The molecule has 0 saturated carbocycles. The fourth-order valence-corrected chi connectivity index (χ4v) is 5.55. The van der Waals surface area contributed by atoms with Gasteiger partial charge in [-0.05, 0) is 73.8 Å². The van der Waals surface area contributed by atoms with Gasteiger partial charge in [0, 0.05) is 18.7 Å². The number of amides is 1. The fourth-order valence-electron chi connectivity index (χ4n) is 4.21. The number of para-hydroxylation sites is 2. The molecule has 1 saturated heterocycles. The first-order valence-electron chi connectivity index (χ1n) is 11.7. The Kier molecular flexibility index (Phi) is 7.73. The molecule has 35 heavy (non-hydrogen) atoms. The van der Waals surface area contributed by atoms with Gasteiger partial charge in [0.1, 0.15) is 5.75 Å². The zero-order chi connectivity index (χ0) is 24.8. The molecule has 2 N–H and O–H groups in total. The van der Waals surface area contributed by atoms with Crippen LogP contribution in [0.2, 0.25) is 0 Å². The maximum atomic E-state index is 13.1. The summed E-state index contributed by atoms with van der Waals surface area (Å²) in [5.41, 5.74) is 3.40. The molecule has 1 fully saturated rings. The maximum Gasteiger partial charge on any atom is 0.262 e. The van der Waals surface area contributed by atoms with Crippen LogP contribution in [-0.4, -0.2) is 39.4 Å². The number of nitrogens with one attached hydrogen (secondary N) is 2. The summed E-state index contributed by atoms with van der Waals surface area (Å²) in [5, 5.41) is 2.89. The molecule has 1 amide bonds. The number of methoxy groups -OCH3 is 1. The van der Waals surface area contributed by atoms with Crippen molar-refractivity contribution in [3.05, 3.63) is 89.0 Å². The summed E-state index contributed by atoms with van der Waals surface area (Å²) in [6, 6.07) is 19.7. The number of anilines is 1. The molecule has 0 bridgehead atoms. The van der Waals surface area contributed by atoms with Crippen molar-refractivity contribution in [2.24, 2.45) is 0 Å². The Morgan fingerprint density at radius 3 is 2.37 bits per heavy atom. The summed E-state index contributed by atoms with van der Waals surface area (Å²) in [4.78, 5) is 15.3. The van der Waals surface area contributed by atoms with Crippen molar-refractivity contribution < 1.29 is 17.9 Å². The molecule has 1 aliphatic heterocycles. The van der Waals surface area contributed by atoms with Gasteiger partial charge in [-0.1, -0.05) is 42.5 Å². The summed E-state index contributed by atoms with van der Waals surface area (Å²) in [6.07, 6.45) is 2.53. The summed E-state index contributed by atoms with van der Waals surface area (Å²) in [5.74, 6) is 0.0777. The van der Waals surface area contributed by atoms with Gasteiger partial charge in [0.2, 0.25) is 0 Å². The van der Waals surface area contributed by atoms with E-state index in [1.807, 2.05) is 12.1 Å². The monoisotopic (exact) mass is 493 g/mol. The minimum absolute atomic E-state index is 0.0438. The maximum absolute atomic E-state index is 13.1. The Labute approximate surface area is 207 Å². The highest BCUT2D eigenvalue weighted by atomic mass is 32.2. The summed E-state index contributed by atoms with van der Waals surface area (Å²) < 4.78 is 34.0. The van der Waals surface area contributed by atoms with E-state index in [0.29, 0.717) is 23.5 Å². The Morgan fingerprint density at radius 1 is 0.971 bits per heavy atom. The molecule has 184 valence electrons. The molecule has 3 aromatic carbocycles. The molecule has 4 rings (SSSR count). The van der Waals surface area contributed by atoms with Crippen molar-refractivity contribution in [2.45, 2.75) is 37.8 Å². The largest absolute Gasteiger partial charge is 0.495 e. The van der Waals surface area contributed by atoms with Crippen molar-refractivity contribution in [1.29, 1.82) is 0 Å². The van der Waals surface area contributed by atoms with Crippen molar-refractivity contribution in [1.82, 2.24) is 10.2 Å². The number of sulfonamides is 1. The highest BCUT2D eigenvalue weighted by Crippen LogP contribution is 2.27. The number of benzene rings is 3. The molecule has 3 aromatic rings. The molecule has 8 heteroatoms. The van der Waals surface area contributed by atoms with Crippen LogP contribution >= 0.6 is 0 Å². The molecular weight excluding hydrogens is 462 g/mol. The zero-order valence-corrected chi connectivity index (χ0v) is 20.9. The number of hydrogen-bond donors (Lipinski definition) is 2. The van der Waals surface area contributed by atoms with Crippen LogP contribution in [0.25, 0.3) is 0 Å². The Hall–Kier alpha value is -3.36. The molecule has 0 radical (unpaired) electrons. The lowest BCUT2D eigenvalue weighted by molar-refractivity contribution is 0.0950. The van der Waals surface area contributed by atoms with E-state index in [-0.39, 0.29) is 16.4 Å². The standard InChI is InChI=1S/C27H31N3O4S/c1-20-9-14-23(17-26(20)35(32,33)29-24-7-3-4-8-25(24)34-2)27(31)28-18-21-10-12-22(13-11-21)19-30-15-5-6-16-30/h3-4,7-14,17,29H,5-6,15-16,18-19H2,1-2H3,(H,28,31). The van der Waals surface area contributed by atoms with Gasteiger partial charge in [0.15, 0.2) is 0 Å². The summed E-state index contributed by atoms with van der Waals surface area (Å²) in [6.45, 7) is 5.32. The topological polar surface area (TPSA) is 87.7 Å². The van der Waals surface area contributed by atoms with E-state index in [4.69, 9.17) is 4.74 Å². The van der Waals surface area contributed by atoms with Crippen LogP contribution < -0.4 is 14.8 Å². The van der Waals surface area contributed by atoms with Crippen LogP contribution in [0.4, 0.5) is 5.69 Å². The van der Waals surface area contributed by atoms with E-state index in [0.717, 1.165) is 25.2 Å². The first-order chi connectivity index (χ1) is 16.9. The second kappa shape index (κ2) is 10.9.